The van der Waals surface area contributed by atoms with Crippen LogP contribution >= 0.6 is 23.1 Å². The average molecular weight is 254 g/mol. The van der Waals surface area contributed by atoms with Crippen LogP contribution in [0.15, 0.2) is 15.8 Å². The Hall–Kier alpha value is -0.480. The molecule has 2 rings (SSSR count). The third-order valence-corrected chi connectivity index (χ3v) is 4.59. The highest BCUT2D eigenvalue weighted by Gasteiger charge is 2.23. The quantitative estimate of drug-likeness (QED) is 0.874. The SMILES string of the molecule is Cc1cscc1CN=C1NC(C)(C)CCS1. The van der Waals surface area contributed by atoms with Gasteiger partial charge in [-0.3, -0.25) is 4.99 Å². The van der Waals surface area contributed by atoms with Crippen LogP contribution in [0.1, 0.15) is 31.4 Å². The van der Waals surface area contributed by atoms with Gasteiger partial charge in [-0.1, -0.05) is 11.8 Å². The minimum atomic E-state index is 0.202. The Bertz CT molecular complexity index is 393. The molecule has 2 nitrogen and oxygen atoms in total. The van der Waals surface area contributed by atoms with Gasteiger partial charge in [0.2, 0.25) is 0 Å². The Morgan fingerprint density at radius 2 is 2.25 bits per heavy atom. The van der Waals surface area contributed by atoms with Crippen LogP contribution in [-0.4, -0.2) is 16.5 Å². The smallest absolute Gasteiger partial charge is 0.157 e. The van der Waals surface area contributed by atoms with Gasteiger partial charge in [0.1, 0.15) is 0 Å². The molecule has 0 radical (unpaired) electrons. The van der Waals surface area contributed by atoms with Crippen LogP contribution in [0, 0.1) is 6.92 Å². The van der Waals surface area contributed by atoms with Gasteiger partial charge >= 0.3 is 0 Å². The first-order valence-corrected chi connectivity index (χ1v) is 7.47. The van der Waals surface area contributed by atoms with E-state index in [0.717, 1.165) is 11.7 Å². The molecule has 0 atom stereocenters. The monoisotopic (exact) mass is 254 g/mol. The standard InChI is InChI=1S/C12H18N2S2/c1-9-7-15-8-10(9)6-13-11-14-12(2,3)4-5-16-11/h7-8H,4-6H2,1-3H3,(H,13,14). The van der Waals surface area contributed by atoms with Gasteiger partial charge in [-0.2, -0.15) is 11.3 Å². The Kier molecular flexibility index (Phi) is 3.60. The molecule has 1 saturated heterocycles. The number of amidine groups is 1. The number of aliphatic imine (C=N–C) groups is 1. The molecular formula is C12H18N2S2. The fraction of sp³-hybridized carbons (Fsp3) is 0.583. The molecule has 1 aliphatic rings. The van der Waals surface area contributed by atoms with Gasteiger partial charge < -0.3 is 5.32 Å². The normalized spacial score (nSPS) is 22.1. The number of aryl methyl sites for hydroxylation is 1. The van der Waals surface area contributed by atoms with Crippen molar-refractivity contribution in [1.29, 1.82) is 0 Å². The maximum atomic E-state index is 4.66. The fourth-order valence-corrected chi connectivity index (χ4v) is 3.74. The Morgan fingerprint density at radius 1 is 1.44 bits per heavy atom. The van der Waals surface area contributed by atoms with Crippen LogP contribution in [0.4, 0.5) is 0 Å². The van der Waals surface area contributed by atoms with Crippen molar-refractivity contribution in [2.75, 3.05) is 5.75 Å². The Morgan fingerprint density at radius 3 is 2.88 bits per heavy atom. The number of rotatable bonds is 2. The van der Waals surface area contributed by atoms with E-state index in [4.69, 9.17) is 0 Å². The molecule has 0 saturated carbocycles. The van der Waals surface area contributed by atoms with E-state index in [1.807, 2.05) is 11.8 Å². The highest BCUT2D eigenvalue weighted by molar-refractivity contribution is 8.13. The third kappa shape index (κ3) is 3.01. The maximum Gasteiger partial charge on any atom is 0.157 e. The van der Waals surface area contributed by atoms with Gasteiger partial charge in [0, 0.05) is 11.3 Å². The zero-order chi connectivity index (χ0) is 11.6. The molecule has 1 fully saturated rings. The Labute approximate surface area is 106 Å². The minimum absolute atomic E-state index is 0.202. The molecule has 0 spiro atoms. The topological polar surface area (TPSA) is 24.4 Å². The lowest BCUT2D eigenvalue weighted by Crippen LogP contribution is -2.46. The highest BCUT2D eigenvalue weighted by Crippen LogP contribution is 2.22. The van der Waals surface area contributed by atoms with Crippen molar-refractivity contribution in [2.45, 2.75) is 39.3 Å². The van der Waals surface area contributed by atoms with E-state index < -0.39 is 0 Å². The van der Waals surface area contributed by atoms with Crippen molar-refractivity contribution in [3.63, 3.8) is 0 Å². The van der Waals surface area contributed by atoms with Gasteiger partial charge in [0.25, 0.3) is 0 Å². The molecule has 0 unspecified atom stereocenters. The summed E-state index contributed by atoms with van der Waals surface area (Å²) >= 11 is 3.59. The van der Waals surface area contributed by atoms with Crippen LogP contribution in [-0.2, 0) is 6.54 Å². The van der Waals surface area contributed by atoms with Gasteiger partial charge in [0.15, 0.2) is 5.17 Å². The van der Waals surface area contributed by atoms with Gasteiger partial charge in [-0.25, -0.2) is 0 Å². The summed E-state index contributed by atoms with van der Waals surface area (Å²) in [5.41, 5.74) is 2.91. The second kappa shape index (κ2) is 4.80. The van der Waals surface area contributed by atoms with E-state index in [0.29, 0.717) is 0 Å². The van der Waals surface area contributed by atoms with Crippen LogP contribution in [0.2, 0.25) is 0 Å². The molecule has 16 heavy (non-hydrogen) atoms. The second-order valence-corrected chi connectivity index (χ2v) is 6.64. The van der Waals surface area contributed by atoms with E-state index in [9.17, 15) is 0 Å². The molecule has 0 bridgehead atoms. The predicted octanol–water partition coefficient (Wildman–Crippen LogP) is 3.42. The van der Waals surface area contributed by atoms with Crippen LogP contribution < -0.4 is 5.32 Å². The summed E-state index contributed by atoms with van der Waals surface area (Å²) in [6, 6.07) is 0. The van der Waals surface area contributed by atoms with Crippen molar-refractivity contribution in [3.8, 4) is 0 Å². The summed E-state index contributed by atoms with van der Waals surface area (Å²) in [7, 11) is 0. The molecule has 0 aromatic carbocycles. The maximum absolute atomic E-state index is 4.66. The van der Waals surface area contributed by atoms with Crippen LogP contribution in [0.5, 0.6) is 0 Å². The van der Waals surface area contributed by atoms with E-state index in [1.165, 1.54) is 23.3 Å². The molecule has 0 amide bonds. The zero-order valence-electron chi connectivity index (χ0n) is 10.0. The van der Waals surface area contributed by atoms with Crippen molar-refractivity contribution >= 4 is 28.3 Å². The van der Waals surface area contributed by atoms with Crippen molar-refractivity contribution in [1.82, 2.24) is 5.32 Å². The fourth-order valence-electron chi connectivity index (χ4n) is 1.58. The lowest BCUT2D eigenvalue weighted by Gasteiger charge is -2.32. The molecule has 1 aromatic heterocycles. The molecule has 2 heterocycles. The first-order chi connectivity index (χ1) is 7.57. The van der Waals surface area contributed by atoms with E-state index >= 15 is 0 Å². The van der Waals surface area contributed by atoms with E-state index in [2.05, 4.69) is 41.8 Å². The minimum Gasteiger partial charge on any atom is -0.360 e. The number of thiophene rings is 1. The van der Waals surface area contributed by atoms with Gasteiger partial charge in [-0.15, -0.1) is 0 Å². The molecule has 4 heteroatoms. The number of hydrogen-bond acceptors (Lipinski definition) is 3. The second-order valence-electron chi connectivity index (χ2n) is 4.81. The summed E-state index contributed by atoms with van der Waals surface area (Å²) in [4.78, 5) is 4.66. The zero-order valence-corrected chi connectivity index (χ0v) is 11.7. The average Bonchev–Trinajstić information content (AvgIpc) is 2.60. The van der Waals surface area contributed by atoms with Crippen LogP contribution in [0.3, 0.4) is 0 Å². The summed E-state index contributed by atoms with van der Waals surface area (Å²) < 4.78 is 0. The molecular weight excluding hydrogens is 236 g/mol. The first-order valence-electron chi connectivity index (χ1n) is 5.54. The Balaban J connectivity index is 2.00. The molecule has 88 valence electrons. The summed E-state index contributed by atoms with van der Waals surface area (Å²) in [6.07, 6.45) is 1.20. The lowest BCUT2D eigenvalue weighted by atomic mass is 10.0. The summed E-state index contributed by atoms with van der Waals surface area (Å²) in [5, 5.41) is 8.96. The summed E-state index contributed by atoms with van der Waals surface area (Å²) in [5.74, 6) is 1.17. The number of hydrogen-bond donors (Lipinski definition) is 1. The first kappa shape index (κ1) is 12.0. The number of nitrogens with zero attached hydrogens (tertiary/aromatic N) is 1. The van der Waals surface area contributed by atoms with E-state index in [1.54, 1.807) is 11.3 Å². The number of nitrogens with one attached hydrogen (secondary N) is 1. The molecule has 1 aromatic rings. The highest BCUT2D eigenvalue weighted by atomic mass is 32.2. The number of thioether (sulfide) groups is 1. The van der Waals surface area contributed by atoms with Crippen molar-refractivity contribution in [3.05, 3.63) is 21.9 Å². The predicted molar refractivity (Wildman–Crippen MR) is 74.5 cm³/mol. The third-order valence-electron chi connectivity index (χ3n) is 2.77. The molecule has 1 aliphatic heterocycles. The van der Waals surface area contributed by atoms with Gasteiger partial charge in [0.05, 0.1) is 6.54 Å². The molecule has 1 N–H and O–H groups in total. The van der Waals surface area contributed by atoms with Crippen LogP contribution in [0.25, 0.3) is 0 Å². The van der Waals surface area contributed by atoms with E-state index in [-0.39, 0.29) is 5.54 Å². The molecule has 0 aliphatic carbocycles. The van der Waals surface area contributed by atoms with Crippen molar-refractivity contribution in [2.24, 2.45) is 4.99 Å². The van der Waals surface area contributed by atoms with Crippen molar-refractivity contribution < 1.29 is 0 Å². The lowest BCUT2D eigenvalue weighted by molar-refractivity contribution is 0.446. The van der Waals surface area contributed by atoms with Gasteiger partial charge in [-0.05, 0) is 49.1 Å². The largest absolute Gasteiger partial charge is 0.360 e. The summed E-state index contributed by atoms with van der Waals surface area (Å²) in [6.45, 7) is 7.42.